The molecule has 5 heteroatoms. The molecular weight excluding hydrogens is 240 g/mol. The maximum atomic E-state index is 9.11. The maximum Gasteiger partial charge on any atom is 0.103 e. The number of aliphatic hydroxyl groups excluding tert-OH is 1. The van der Waals surface area contributed by atoms with E-state index >= 15 is 0 Å². The van der Waals surface area contributed by atoms with Crippen LogP contribution in [0.15, 0.2) is 18.2 Å². The third-order valence-electron chi connectivity index (χ3n) is 2.79. The van der Waals surface area contributed by atoms with Gasteiger partial charge in [0, 0.05) is 13.1 Å². The Morgan fingerprint density at radius 1 is 1.59 bits per heavy atom. The lowest BCUT2D eigenvalue weighted by molar-refractivity contribution is 0.00356. The Labute approximate surface area is 105 Å². The summed E-state index contributed by atoms with van der Waals surface area (Å²) >= 11 is 5.99. The molecule has 17 heavy (non-hydrogen) atoms. The van der Waals surface area contributed by atoms with Crippen LogP contribution < -0.4 is 4.90 Å². The second kappa shape index (κ2) is 5.37. The number of morpholine rings is 1. The highest BCUT2D eigenvalue weighted by Crippen LogP contribution is 2.27. The first-order valence-electron chi connectivity index (χ1n) is 5.42. The molecule has 1 aliphatic heterocycles. The van der Waals surface area contributed by atoms with Crippen molar-refractivity contribution in [1.29, 1.82) is 5.26 Å². The Bertz CT molecular complexity index is 445. The van der Waals surface area contributed by atoms with E-state index in [0.29, 0.717) is 30.3 Å². The fourth-order valence-electron chi connectivity index (χ4n) is 1.94. The number of hydrogen-bond donors (Lipinski definition) is 1. The van der Waals surface area contributed by atoms with E-state index in [1.54, 1.807) is 6.07 Å². The van der Waals surface area contributed by atoms with Gasteiger partial charge in [-0.2, -0.15) is 5.26 Å². The van der Waals surface area contributed by atoms with Crippen molar-refractivity contribution in [2.24, 2.45) is 0 Å². The summed E-state index contributed by atoms with van der Waals surface area (Å²) in [7, 11) is 0. The summed E-state index contributed by atoms with van der Waals surface area (Å²) in [6, 6.07) is 7.51. The minimum atomic E-state index is -0.200. The molecule has 4 nitrogen and oxygen atoms in total. The lowest BCUT2D eigenvalue weighted by Gasteiger charge is -2.34. The molecular formula is C12H13ClN2O2. The molecule has 1 aliphatic rings. The summed E-state index contributed by atoms with van der Waals surface area (Å²) in [5, 5.41) is 18.7. The van der Waals surface area contributed by atoms with Crippen LogP contribution in [0.4, 0.5) is 5.69 Å². The number of nitrogens with zero attached hydrogens (tertiary/aromatic N) is 2. The molecule has 1 N–H and O–H groups in total. The Balaban J connectivity index is 2.28. The largest absolute Gasteiger partial charge is 0.394 e. The normalized spacial score (nSPS) is 20.1. The van der Waals surface area contributed by atoms with E-state index in [-0.39, 0.29) is 12.7 Å². The summed E-state index contributed by atoms with van der Waals surface area (Å²) in [5.41, 5.74) is 1.29. The smallest absolute Gasteiger partial charge is 0.103 e. The summed E-state index contributed by atoms with van der Waals surface area (Å²) in [6.45, 7) is 1.80. The minimum Gasteiger partial charge on any atom is -0.394 e. The van der Waals surface area contributed by atoms with Crippen LogP contribution in [0.1, 0.15) is 5.56 Å². The molecule has 0 aliphatic carbocycles. The van der Waals surface area contributed by atoms with Gasteiger partial charge in [0.15, 0.2) is 0 Å². The van der Waals surface area contributed by atoms with Crippen molar-refractivity contribution < 1.29 is 9.84 Å². The van der Waals surface area contributed by atoms with Gasteiger partial charge in [0.25, 0.3) is 0 Å². The van der Waals surface area contributed by atoms with Crippen molar-refractivity contribution in [3.05, 3.63) is 28.8 Å². The number of nitriles is 1. The van der Waals surface area contributed by atoms with Crippen LogP contribution in [0, 0.1) is 11.3 Å². The number of aliphatic hydroxyl groups is 1. The first-order chi connectivity index (χ1) is 8.26. The molecule has 1 aromatic carbocycles. The van der Waals surface area contributed by atoms with Crippen molar-refractivity contribution in [2.75, 3.05) is 31.2 Å². The van der Waals surface area contributed by atoms with Crippen molar-refractivity contribution in [2.45, 2.75) is 6.10 Å². The molecule has 1 aromatic rings. The van der Waals surface area contributed by atoms with Crippen LogP contribution in [0.5, 0.6) is 0 Å². The van der Waals surface area contributed by atoms with E-state index in [9.17, 15) is 0 Å². The van der Waals surface area contributed by atoms with Crippen molar-refractivity contribution >= 4 is 17.3 Å². The van der Waals surface area contributed by atoms with Gasteiger partial charge in [-0.25, -0.2) is 0 Å². The fraction of sp³-hybridized carbons (Fsp3) is 0.417. The topological polar surface area (TPSA) is 56.5 Å². The fourth-order valence-corrected chi connectivity index (χ4v) is 2.15. The number of anilines is 1. The van der Waals surface area contributed by atoms with Gasteiger partial charge in [-0.15, -0.1) is 0 Å². The number of hydrogen-bond acceptors (Lipinski definition) is 4. The highest BCUT2D eigenvalue weighted by atomic mass is 35.5. The lowest BCUT2D eigenvalue weighted by Crippen LogP contribution is -2.44. The Kier molecular flexibility index (Phi) is 3.85. The molecule has 0 saturated carbocycles. The van der Waals surface area contributed by atoms with E-state index in [4.69, 9.17) is 26.7 Å². The quantitative estimate of drug-likeness (QED) is 0.865. The van der Waals surface area contributed by atoms with Crippen LogP contribution >= 0.6 is 11.6 Å². The first kappa shape index (κ1) is 12.2. The maximum absolute atomic E-state index is 9.11. The van der Waals surface area contributed by atoms with E-state index < -0.39 is 0 Å². The van der Waals surface area contributed by atoms with Gasteiger partial charge in [-0.1, -0.05) is 17.7 Å². The average molecular weight is 253 g/mol. The van der Waals surface area contributed by atoms with Gasteiger partial charge >= 0.3 is 0 Å². The van der Waals surface area contributed by atoms with Crippen LogP contribution in [-0.2, 0) is 4.74 Å². The van der Waals surface area contributed by atoms with Crippen molar-refractivity contribution in [3.8, 4) is 6.07 Å². The van der Waals surface area contributed by atoms with E-state index in [1.807, 2.05) is 17.0 Å². The van der Waals surface area contributed by atoms with E-state index in [2.05, 4.69) is 6.07 Å². The minimum absolute atomic E-state index is 0.0149. The zero-order valence-corrected chi connectivity index (χ0v) is 10.0. The molecule has 0 amide bonds. The summed E-state index contributed by atoms with van der Waals surface area (Å²) < 4.78 is 5.38. The predicted molar refractivity (Wildman–Crippen MR) is 65.2 cm³/mol. The molecule has 90 valence electrons. The van der Waals surface area contributed by atoms with Crippen LogP contribution in [0.25, 0.3) is 0 Å². The molecule has 1 unspecified atom stereocenters. The number of halogens is 1. The third-order valence-corrected chi connectivity index (χ3v) is 3.10. The van der Waals surface area contributed by atoms with E-state index in [1.165, 1.54) is 0 Å². The van der Waals surface area contributed by atoms with Gasteiger partial charge in [0.05, 0.1) is 35.6 Å². The molecule has 1 fully saturated rings. The number of benzene rings is 1. The molecule has 0 spiro atoms. The molecule has 1 saturated heterocycles. The molecule has 1 heterocycles. The van der Waals surface area contributed by atoms with Gasteiger partial charge in [-0.3, -0.25) is 0 Å². The molecule has 2 rings (SSSR count). The summed E-state index contributed by atoms with van der Waals surface area (Å²) in [5.74, 6) is 0. The molecule has 0 bridgehead atoms. The molecule has 0 aromatic heterocycles. The Morgan fingerprint density at radius 3 is 3.12 bits per heavy atom. The predicted octanol–water partition coefficient (Wildman–Crippen LogP) is 1.41. The second-order valence-corrected chi connectivity index (χ2v) is 4.27. The average Bonchev–Trinajstić information content (AvgIpc) is 2.38. The summed E-state index contributed by atoms with van der Waals surface area (Å²) in [4.78, 5) is 2.02. The van der Waals surface area contributed by atoms with Crippen molar-refractivity contribution in [3.63, 3.8) is 0 Å². The van der Waals surface area contributed by atoms with Crippen molar-refractivity contribution in [1.82, 2.24) is 0 Å². The second-order valence-electron chi connectivity index (χ2n) is 3.87. The van der Waals surface area contributed by atoms with Gasteiger partial charge in [0.1, 0.15) is 6.07 Å². The SMILES string of the molecule is N#Cc1c(Cl)cccc1N1CCOC(CO)C1. The zero-order chi connectivity index (χ0) is 12.3. The highest BCUT2D eigenvalue weighted by Gasteiger charge is 2.22. The number of ether oxygens (including phenoxy) is 1. The van der Waals surface area contributed by atoms with Gasteiger partial charge < -0.3 is 14.7 Å². The highest BCUT2D eigenvalue weighted by molar-refractivity contribution is 6.32. The third kappa shape index (κ3) is 2.52. The number of rotatable bonds is 2. The monoisotopic (exact) mass is 252 g/mol. The first-order valence-corrected chi connectivity index (χ1v) is 5.80. The van der Waals surface area contributed by atoms with Crippen LogP contribution in [-0.4, -0.2) is 37.5 Å². The lowest BCUT2D eigenvalue weighted by atomic mass is 10.1. The van der Waals surface area contributed by atoms with Gasteiger partial charge in [-0.05, 0) is 12.1 Å². The Hall–Kier alpha value is -1.28. The van der Waals surface area contributed by atoms with E-state index in [0.717, 1.165) is 5.69 Å². The summed E-state index contributed by atoms with van der Waals surface area (Å²) in [6.07, 6.45) is -0.200. The Morgan fingerprint density at radius 2 is 2.41 bits per heavy atom. The molecule has 1 atom stereocenters. The van der Waals surface area contributed by atoms with Crippen LogP contribution in [0.3, 0.4) is 0 Å². The van der Waals surface area contributed by atoms with Crippen LogP contribution in [0.2, 0.25) is 5.02 Å². The zero-order valence-electron chi connectivity index (χ0n) is 9.27. The van der Waals surface area contributed by atoms with Gasteiger partial charge in [0.2, 0.25) is 0 Å². The molecule has 0 radical (unpaired) electrons. The standard InChI is InChI=1S/C12H13ClN2O2/c13-11-2-1-3-12(10(11)6-14)15-4-5-17-9(7-15)8-16/h1-3,9,16H,4-5,7-8H2.